The molecular weight excluding hydrogens is 210 g/mol. The number of ether oxygens (including phenoxy) is 1. The van der Waals surface area contributed by atoms with Crippen LogP contribution in [0, 0.1) is 0 Å². The molecule has 4 N–H and O–H groups in total. The number of hydrogen-bond donors (Lipinski definition) is 3. The summed E-state index contributed by atoms with van der Waals surface area (Å²) in [6, 6.07) is 1.56. The average Bonchev–Trinajstić information content (AvgIpc) is 2.12. The smallest absolute Gasteiger partial charge is 0.426 e. The predicted octanol–water partition coefficient (Wildman–Crippen LogP) is 0.910. The maximum Gasteiger partial charge on any atom is 0.426 e. The van der Waals surface area contributed by atoms with E-state index in [0.29, 0.717) is 5.82 Å². The quantitative estimate of drug-likeness (QED) is 0.646. The summed E-state index contributed by atoms with van der Waals surface area (Å²) in [4.78, 5) is 18.8. The molecule has 0 aliphatic rings. The van der Waals surface area contributed by atoms with Gasteiger partial charge in [0.1, 0.15) is 11.4 Å². The van der Waals surface area contributed by atoms with Gasteiger partial charge in [-0.05, 0) is 20.8 Å². The molecule has 0 aliphatic heterocycles. The van der Waals surface area contributed by atoms with Crippen molar-refractivity contribution in [2.45, 2.75) is 26.4 Å². The minimum atomic E-state index is -0.593. The second-order valence-corrected chi connectivity index (χ2v) is 4.05. The Bertz CT molecular complexity index is 374. The van der Waals surface area contributed by atoms with Crippen LogP contribution in [0.4, 0.5) is 16.6 Å². The summed E-state index contributed by atoms with van der Waals surface area (Å²) in [7, 11) is 0. The highest BCUT2D eigenvalue weighted by Gasteiger charge is 2.15. The summed E-state index contributed by atoms with van der Waals surface area (Å²) >= 11 is 0. The zero-order valence-corrected chi connectivity index (χ0v) is 9.44. The Balaban J connectivity index is 2.43. The lowest BCUT2D eigenvalue weighted by molar-refractivity contribution is 0.0541. The Kier molecular flexibility index (Phi) is 3.49. The monoisotopic (exact) mass is 225 g/mol. The van der Waals surface area contributed by atoms with Crippen molar-refractivity contribution in [1.29, 1.82) is 0 Å². The molecular formula is C9H15N5O2. The molecule has 88 valence electrons. The number of hydrazine groups is 1. The number of aromatic nitrogens is 2. The molecule has 7 nitrogen and oxygen atoms in total. The van der Waals surface area contributed by atoms with Crippen LogP contribution in [0.15, 0.2) is 12.3 Å². The lowest BCUT2D eigenvalue weighted by Gasteiger charge is -2.19. The number of hydrogen-bond acceptors (Lipinski definition) is 6. The van der Waals surface area contributed by atoms with Gasteiger partial charge in [0, 0.05) is 12.3 Å². The van der Waals surface area contributed by atoms with E-state index < -0.39 is 11.7 Å². The van der Waals surface area contributed by atoms with Gasteiger partial charge < -0.3 is 10.5 Å². The number of nitrogen functional groups attached to an aromatic ring is 1. The van der Waals surface area contributed by atoms with Crippen molar-refractivity contribution in [1.82, 2.24) is 15.4 Å². The van der Waals surface area contributed by atoms with Gasteiger partial charge in [-0.3, -0.25) is 5.43 Å². The van der Waals surface area contributed by atoms with E-state index >= 15 is 0 Å². The van der Waals surface area contributed by atoms with Gasteiger partial charge in [-0.1, -0.05) is 0 Å². The summed E-state index contributed by atoms with van der Waals surface area (Å²) in [5, 5.41) is 0. The highest BCUT2D eigenvalue weighted by molar-refractivity contribution is 5.69. The molecule has 1 aromatic rings. The fourth-order valence-electron chi connectivity index (χ4n) is 0.862. The van der Waals surface area contributed by atoms with Crippen LogP contribution in [0.1, 0.15) is 20.8 Å². The van der Waals surface area contributed by atoms with Crippen molar-refractivity contribution in [3.8, 4) is 0 Å². The van der Waals surface area contributed by atoms with Crippen molar-refractivity contribution >= 4 is 17.9 Å². The van der Waals surface area contributed by atoms with E-state index in [1.165, 1.54) is 6.20 Å². The summed E-state index contributed by atoms with van der Waals surface area (Å²) in [5.74, 6) is 0.509. The summed E-state index contributed by atoms with van der Waals surface area (Å²) in [6.45, 7) is 5.32. The third kappa shape index (κ3) is 4.45. The Morgan fingerprint density at radius 2 is 2.19 bits per heavy atom. The highest BCUT2D eigenvalue weighted by Crippen LogP contribution is 2.06. The number of nitrogens with one attached hydrogen (secondary N) is 2. The second kappa shape index (κ2) is 4.65. The zero-order chi connectivity index (χ0) is 12.2. The fourth-order valence-corrected chi connectivity index (χ4v) is 0.862. The largest absolute Gasteiger partial charge is 0.443 e. The Hall–Kier alpha value is -2.05. The van der Waals surface area contributed by atoms with Crippen LogP contribution in [0.5, 0.6) is 0 Å². The van der Waals surface area contributed by atoms with Gasteiger partial charge in [0.25, 0.3) is 0 Å². The van der Waals surface area contributed by atoms with Crippen LogP contribution in [0.25, 0.3) is 0 Å². The van der Waals surface area contributed by atoms with Gasteiger partial charge in [-0.25, -0.2) is 15.2 Å². The second-order valence-electron chi connectivity index (χ2n) is 4.05. The van der Waals surface area contributed by atoms with Crippen LogP contribution in [-0.4, -0.2) is 21.7 Å². The summed E-state index contributed by atoms with van der Waals surface area (Å²) in [6.07, 6.45) is 0.881. The molecule has 0 fully saturated rings. The molecule has 0 bridgehead atoms. The number of carbonyl (C=O) groups excluding carboxylic acids is 1. The van der Waals surface area contributed by atoms with Crippen molar-refractivity contribution in [3.05, 3.63) is 12.3 Å². The molecule has 0 radical (unpaired) electrons. The molecule has 1 aromatic heterocycles. The fraction of sp³-hybridized carbons (Fsp3) is 0.444. The minimum Gasteiger partial charge on any atom is -0.443 e. The molecule has 0 unspecified atom stereocenters. The van der Waals surface area contributed by atoms with E-state index in [9.17, 15) is 4.79 Å². The number of anilines is 2. The number of amides is 1. The van der Waals surface area contributed by atoms with Gasteiger partial charge in [-0.2, -0.15) is 4.98 Å². The first-order valence-electron chi connectivity index (χ1n) is 4.70. The Morgan fingerprint density at radius 3 is 2.75 bits per heavy atom. The topological polar surface area (TPSA) is 102 Å². The third-order valence-electron chi connectivity index (χ3n) is 1.37. The van der Waals surface area contributed by atoms with Crippen molar-refractivity contribution in [2.24, 2.45) is 0 Å². The molecule has 0 aromatic carbocycles. The molecule has 1 amide bonds. The first-order valence-corrected chi connectivity index (χ1v) is 4.70. The number of rotatable bonds is 2. The van der Waals surface area contributed by atoms with Crippen LogP contribution in [0.3, 0.4) is 0 Å². The Morgan fingerprint density at radius 1 is 1.50 bits per heavy atom. The molecule has 1 rings (SSSR count). The SMILES string of the molecule is CC(C)(C)OC(=O)NNc1ccnc(N)n1. The number of nitrogens with zero attached hydrogens (tertiary/aromatic N) is 2. The molecule has 0 saturated heterocycles. The summed E-state index contributed by atoms with van der Waals surface area (Å²) < 4.78 is 5.00. The molecule has 0 atom stereocenters. The van der Waals surface area contributed by atoms with Gasteiger partial charge in [0.05, 0.1) is 0 Å². The molecule has 0 aliphatic carbocycles. The summed E-state index contributed by atoms with van der Waals surface area (Å²) in [5.41, 5.74) is 9.69. The van der Waals surface area contributed by atoms with E-state index in [1.807, 2.05) is 0 Å². The maximum atomic E-state index is 11.2. The molecule has 0 spiro atoms. The standard InChI is InChI=1S/C9H15N5O2/c1-9(2,3)16-8(15)14-13-6-4-5-11-7(10)12-6/h4-5H,1-3H3,(H,14,15)(H3,10,11,12,13). The van der Waals surface area contributed by atoms with E-state index in [1.54, 1.807) is 26.8 Å². The number of nitrogens with two attached hydrogens (primary N) is 1. The Labute approximate surface area is 93.4 Å². The first-order chi connectivity index (χ1) is 7.37. The predicted molar refractivity (Wildman–Crippen MR) is 59.4 cm³/mol. The third-order valence-corrected chi connectivity index (χ3v) is 1.37. The number of carbonyl (C=O) groups is 1. The van der Waals surface area contributed by atoms with Crippen LogP contribution in [-0.2, 0) is 4.74 Å². The molecule has 16 heavy (non-hydrogen) atoms. The average molecular weight is 225 g/mol. The van der Waals surface area contributed by atoms with E-state index in [-0.39, 0.29) is 5.95 Å². The normalized spacial score (nSPS) is 10.7. The van der Waals surface area contributed by atoms with E-state index in [2.05, 4.69) is 20.8 Å². The van der Waals surface area contributed by atoms with Crippen LogP contribution < -0.4 is 16.6 Å². The zero-order valence-electron chi connectivity index (χ0n) is 9.44. The van der Waals surface area contributed by atoms with Gasteiger partial charge >= 0.3 is 6.09 Å². The van der Waals surface area contributed by atoms with Crippen LogP contribution >= 0.6 is 0 Å². The lowest BCUT2D eigenvalue weighted by atomic mass is 10.2. The van der Waals surface area contributed by atoms with Gasteiger partial charge in [-0.15, -0.1) is 0 Å². The first kappa shape index (κ1) is 12.0. The van der Waals surface area contributed by atoms with Gasteiger partial charge in [0.15, 0.2) is 0 Å². The maximum absolute atomic E-state index is 11.2. The van der Waals surface area contributed by atoms with Crippen molar-refractivity contribution < 1.29 is 9.53 Å². The molecule has 0 saturated carbocycles. The molecule has 7 heteroatoms. The van der Waals surface area contributed by atoms with Crippen molar-refractivity contribution in [3.63, 3.8) is 0 Å². The van der Waals surface area contributed by atoms with Crippen LogP contribution in [0.2, 0.25) is 0 Å². The highest BCUT2D eigenvalue weighted by atomic mass is 16.6. The van der Waals surface area contributed by atoms with Gasteiger partial charge in [0.2, 0.25) is 5.95 Å². The van der Waals surface area contributed by atoms with E-state index in [0.717, 1.165) is 0 Å². The van der Waals surface area contributed by atoms with E-state index in [4.69, 9.17) is 10.5 Å². The minimum absolute atomic E-state index is 0.121. The molecule has 1 heterocycles. The lowest BCUT2D eigenvalue weighted by Crippen LogP contribution is -2.36. The van der Waals surface area contributed by atoms with Crippen molar-refractivity contribution in [2.75, 3.05) is 11.2 Å².